The molecular formula is C12H17BrN2O. The van der Waals surface area contributed by atoms with Crippen molar-refractivity contribution in [1.29, 1.82) is 0 Å². The second-order valence-corrected chi connectivity index (χ2v) is 5.34. The van der Waals surface area contributed by atoms with E-state index in [1.165, 1.54) is 25.7 Å². The van der Waals surface area contributed by atoms with Crippen molar-refractivity contribution < 1.29 is 4.79 Å². The molecule has 3 nitrogen and oxygen atoms in total. The molecule has 2 rings (SSSR count). The average molecular weight is 285 g/mol. The molecule has 4 heteroatoms. The zero-order chi connectivity index (χ0) is 11.4. The van der Waals surface area contributed by atoms with Crippen LogP contribution in [0, 0.1) is 5.92 Å². The molecule has 1 aliphatic carbocycles. The molecule has 1 heterocycles. The molecular weight excluding hydrogens is 268 g/mol. The summed E-state index contributed by atoms with van der Waals surface area (Å²) < 4.78 is 0.911. The Morgan fingerprint density at radius 3 is 2.88 bits per heavy atom. The molecule has 1 aromatic rings. The number of carbonyl (C=O) groups excluding carboxylic acids is 1. The summed E-state index contributed by atoms with van der Waals surface area (Å²) in [6.07, 6.45) is 8.29. The predicted octanol–water partition coefficient (Wildman–Crippen LogP) is 3.09. The maximum absolute atomic E-state index is 11.7. The maximum Gasteiger partial charge on any atom is 0.267 e. The van der Waals surface area contributed by atoms with Crippen LogP contribution in [0.2, 0.25) is 0 Å². The number of aromatic amines is 1. The normalized spacial score (nSPS) is 16.6. The number of hydrogen-bond acceptors (Lipinski definition) is 1. The van der Waals surface area contributed by atoms with Crippen LogP contribution in [0.15, 0.2) is 16.7 Å². The SMILES string of the molecule is O=C(NCCC1CCCC1)c1cc(Br)c[nH]1. The highest BCUT2D eigenvalue weighted by Crippen LogP contribution is 2.26. The van der Waals surface area contributed by atoms with Crippen LogP contribution in [0.25, 0.3) is 0 Å². The molecule has 0 radical (unpaired) electrons. The zero-order valence-corrected chi connectivity index (χ0v) is 10.8. The Morgan fingerprint density at radius 1 is 1.50 bits per heavy atom. The molecule has 1 aromatic heterocycles. The van der Waals surface area contributed by atoms with Crippen molar-refractivity contribution in [2.24, 2.45) is 5.92 Å². The Kier molecular flexibility index (Phi) is 4.04. The Hall–Kier alpha value is -0.770. The van der Waals surface area contributed by atoms with Crippen molar-refractivity contribution in [3.63, 3.8) is 0 Å². The largest absolute Gasteiger partial charge is 0.356 e. The zero-order valence-electron chi connectivity index (χ0n) is 9.26. The molecule has 1 amide bonds. The lowest BCUT2D eigenvalue weighted by molar-refractivity contribution is 0.0947. The van der Waals surface area contributed by atoms with Gasteiger partial charge in [0.05, 0.1) is 0 Å². The highest BCUT2D eigenvalue weighted by atomic mass is 79.9. The molecule has 16 heavy (non-hydrogen) atoms. The number of aromatic nitrogens is 1. The summed E-state index contributed by atoms with van der Waals surface area (Å²) in [6.45, 7) is 0.792. The van der Waals surface area contributed by atoms with E-state index in [9.17, 15) is 4.79 Å². The van der Waals surface area contributed by atoms with Crippen molar-refractivity contribution >= 4 is 21.8 Å². The van der Waals surface area contributed by atoms with E-state index in [2.05, 4.69) is 26.2 Å². The van der Waals surface area contributed by atoms with Crippen LogP contribution in [-0.4, -0.2) is 17.4 Å². The van der Waals surface area contributed by atoms with Gasteiger partial charge >= 0.3 is 0 Å². The van der Waals surface area contributed by atoms with E-state index in [4.69, 9.17) is 0 Å². The fraction of sp³-hybridized carbons (Fsp3) is 0.583. The predicted molar refractivity (Wildman–Crippen MR) is 67.4 cm³/mol. The molecule has 0 spiro atoms. The summed E-state index contributed by atoms with van der Waals surface area (Å²) in [6, 6.07) is 1.80. The fourth-order valence-electron chi connectivity index (χ4n) is 2.28. The van der Waals surface area contributed by atoms with E-state index in [1.807, 2.05) is 0 Å². The minimum absolute atomic E-state index is 0.0105. The van der Waals surface area contributed by atoms with Crippen LogP contribution in [0.1, 0.15) is 42.6 Å². The first-order valence-corrected chi connectivity index (χ1v) is 6.67. The Balaban J connectivity index is 1.71. The molecule has 0 bridgehead atoms. The third kappa shape index (κ3) is 3.11. The van der Waals surface area contributed by atoms with E-state index < -0.39 is 0 Å². The second kappa shape index (κ2) is 5.53. The number of hydrogen-bond donors (Lipinski definition) is 2. The molecule has 1 saturated carbocycles. The summed E-state index contributed by atoms with van der Waals surface area (Å²) in [5, 5.41) is 2.95. The lowest BCUT2D eigenvalue weighted by atomic mass is 10.0. The number of nitrogens with one attached hydrogen (secondary N) is 2. The van der Waals surface area contributed by atoms with Gasteiger partial charge in [-0.1, -0.05) is 25.7 Å². The Morgan fingerprint density at radius 2 is 2.25 bits per heavy atom. The van der Waals surface area contributed by atoms with Crippen LogP contribution >= 0.6 is 15.9 Å². The summed E-state index contributed by atoms with van der Waals surface area (Å²) in [7, 11) is 0. The van der Waals surface area contributed by atoms with Crippen LogP contribution < -0.4 is 5.32 Å². The summed E-state index contributed by atoms with van der Waals surface area (Å²) in [5.74, 6) is 0.819. The first kappa shape index (κ1) is 11.7. The number of amides is 1. The van der Waals surface area contributed by atoms with Gasteiger partial charge in [-0.15, -0.1) is 0 Å². The monoisotopic (exact) mass is 284 g/mol. The highest BCUT2D eigenvalue weighted by molar-refractivity contribution is 9.10. The molecule has 0 aliphatic heterocycles. The third-order valence-corrected chi connectivity index (χ3v) is 3.66. The van der Waals surface area contributed by atoms with Gasteiger partial charge in [0.25, 0.3) is 5.91 Å². The van der Waals surface area contributed by atoms with E-state index >= 15 is 0 Å². The lowest BCUT2D eigenvalue weighted by Crippen LogP contribution is -2.25. The molecule has 0 unspecified atom stereocenters. The molecule has 1 fully saturated rings. The van der Waals surface area contributed by atoms with E-state index in [0.29, 0.717) is 5.69 Å². The smallest absolute Gasteiger partial charge is 0.267 e. The maximum atomic E-state index is 11.7. The molecule has 1 aliphatic rings. The topological polar surface area (TPSA) is 44.9 Å². The number of carbonyl (C=O) groups is 1. The lowest BCUT2D eigenvalue weighted by Gasteiger charge is -2.09. The van der Waals surface area contributed by atoms with E-state index in [1.54, 1.807) is 12.3 Å². The van der Waals surface area contributed by atoms with Gasteiger partial charge in [0.2, 0.25) is 0 Å². The Labute approximate surface area is 104 Å². The molecule has 0 saturated heterocycles. The molecule has 88 valence electrons. The number of H-pyrrole nitrogens is 1. The fourth-order valence-corrected chi connectivity index (χ4v) is 2.63. The summed E-state index contributed by atoms with van der Waals surface area (Å²) in [4.78, 5) is 14.6. The van der Waals surface area contributed by atoms with E-state index in [0.717, 1.165) is 23.4 Å². The highest BCUT2D eigenvalue weighted by Gasteiger charge is 2.15. The van der Waals surface area contributed by atoms with Crippen LogP contribution in [0.3, 0.4) is 0 Å². The molecule has 0 atom stereocenters. The average Bonchev–Trinajstić information content (AvgIpc) is 2.89. The van der Waals surface area contributed by atoms with Crippen LogP contribution in [-0.2, 0) is 0 Å². The van der Waals surface area contributed by atoms with Crippen molar-refractivity contribution in [3.8, 4) is 0 Å². The van der Waals surface area contributed by atoms with Crippen molar-refractivity contribution in [2.45, 2.75) is 32.1 Å². The van der Waals surface area contributed by atoms with Gasteiger partial charge in [-0.25, -0.2) is 0 Å². The summed E-state index contributed by atoms with van der Waals surface area (Å²) in [5.41, 5.74) is 0.623. The third-order valence-electron chi connectivity index (χ3n) is 3.21. The summed E-state index contributed by atoms with van der Waals surface area (Å²) >= 11 is 3.31. The van der Waals surface area contributed by atoms with Crippen molar-refractivity contribution in [2.75, 3.05) is 6.54 Å². The van der Waals surface area contributed by atoms with Crippen LogP contribution in [0.4, 0.5) is 0 Å². The Bertz CT molecular complexity index is 356. The van der Waals surface area contributed by atoms with E-state index in [-0.39, 0.29) is 5.91 Å². The van der Waals surface area contributed by atoms with Gasteiger partial charge in [0.15, 0.2) is 0 Å². The minimum atomic E-state index is -0.0105. The van der Waals surface area contributed by atoms with Gasteiger partial charge in [0, 0.05) is 17.2 Å². The molecule has 0 aromatic carbocycles. The molecule has 2 N–H and O–H groups in total. The second-order valence-electron chi connectivity index (χ2n) is 4.43. The van der Waals surface area contributed by atoms with Gasteiger partial charge < -0.3 is 10.3 Å². The standard InChI is InChI=1S/C12H17BrN2O/c13-10-7-11(15-8-10)12(16)14-6-5-9-3-1-2-4-9/h7-9,15H,1-6H2,(H,14,16). The van der Waals surface area contributed by atoms with Crippen molar-refractivity contribution in [3.05, 3.63) is 22.4 Å². The minimum Gasteiger partial charge on any atom is -0.356 e. The number of rotatable bonds is 4. The first-order valence-electron chi connectivity index (χ1n) is 5.88. The quantitative estimate of drug-likeness (QED) is 0.877. The van der Waals surface area contributed by atoms with Gasteiger partial charge in [-0.05, 0) is 34.3 Å². The first-order chi connectivity index (χ1) is 7.75. The number of halogens is 1. The van der Waals surface area contributed by atoms with Crippen LogP contribution in [0.5, 0.6) is 0 Å². The van der Waals surface area contributed by atoms with Gasteiger partial charge in [0.1, 0.15) is 5.69 Å². The van der Waals surface area contributed by atoms with Crippen molar-refractivity contribution in [1.82, 2.24) is 10.3 Å². The van der Waals surface area contributed by atoms with Gasteiger partial charge in [-0.2, -0.15) is 0 Å². The van der Waals surface area contributed by atoms with Gasteiger partial charge in [-0.3, -0.25) is 4.79 Å².